The van der Waals surface area contributed by atoms with E-state index in [2.05, 4.69) is 46.2 Å². The van der Waals surface area contributed by atoms with E-state index in [0.717, 1.165) is 56.2 Å². The number of hydrogen-bond donors (Lipinski definition) is 1. The van der Waals surface area contributed by atoms with Gasteiger partial charge in [-0.3, -0.25) is 14.8 Å². The molecule has 1 aromatic carbocycles. The molecule has 0 unspecified atom stereocenters. The van der Waals surface area contributed by atoms with Gasteiger partial charge in [0.1, 0.15) is 5.75 Å². The number of aromatic nitrogens is 2. The Balaban J connectivity index is 0.00000136. The highest BCUT2D eigenvalue weighted by Crippen LogP contribution is 2.44. The van der Waals surface area contributed by atoms with Crippen LogP contribution in [-0.4, -0.2) is 78.2 Å². The molecule has 0 aliphatic carbocycles. The van der Waals surface area contributed by atoms with Crippen molar-refractivity contribution in [3.05, 3.63) is 46.8 Å². The number of aromatic amines is 1. The van der Waals surface area contributed by atoms with E-state index in [-0.39, 0.29) is 30.7 Å². The van der Waals surface area contributed by atoms with Gasteiger partial charge in [0.05, 0.1) is 7.11 Å². The van der Waals surface area contributed by atoms with Crippen LogP contribution < -0.4 is 4.74 Å². The maximum absolute atomic E-state index is 13.3. The smallest absolute Gasteiger partial charge is 0.274 e. The van der Waals surface area contributed by atoms with E-state index in [1.807, 2.05) is 17.0 Å². The van der Waals surface area contributed by atoms with Crippen LogP contribution in [0.5, 0.6) is 5.75 Å². The molecule has 1 aromatic heterocycles. The number of nitrogens with zero attached hydrogens (tertiary/aromatic N) is 4. The van der Waals surface area contributed by atoms with Gasteiger partial charge in [0.2, 0.25) is 0 Å². The van der Waals surface area contributed by atoms with Crippen molar-refractivity contribution in [3.8, 4) is 5.75 Å². The van der Waals surface area contributed by atoms with Crippen molar-refractivity contribution in [2.75, 3.05) is 47.4 Å². The van der Waals surface area contributed by atoms with Crippen molar-refractivity contribution in [2.24, 2.45) is 11.8 Å². The minimum atomic E-state index is 0. The minimum Gasteiger partial charge on any atom is -0.497 e. The van der Waals surface area contributed by atoms with Crippen LogP contribution in [0.1, 0.15) is 33.4 Å². The van der Waals surface area contributed by atoms with Gasteiger partial charge >= 0.3 is 0 Å². The number of benzene rings is 1. The summed E-state index contributed by atoms with van der Waals surface area (Å²) in [4.78, 5) is 20.0. The highest BCUT2D eigenvalue weighted by molar-refractivity contribution is 5.94. The lowest BCUT2D eigenvalue weighted by molar-refractivity contribution is 0.0759. The topological polar surface area (TPSA) is 64.7 Å². The van der Waals surface area contributed by atoms with Crippen molar-refractivity contribution >= 4 is 30.7 Å². The standard InChI is InChI=1S/C22H29N5O2.2ClH/c1-25-9-8-19-18(12-25)20(24-23-19)22(28)27-11-15-10-26(2)21(17(15)13-27)14-4-6-16(29-3)7-5-14;;/h4-7,15,17,21H,8-13H2,1-3H3,(H,23,24);2*1H/t15-,17+,21+;;/m0../s1. The number of carbonyl (C=O) groups excluding carboxylic acids is 1. The summed E-state index contributed by atoms with van der Waals surface area (Å²) in [6.07, 6.45) is 0.932. The zero-order chi connectivity index (χ0) is 20.1. The minimum absolute atomic E-state index is 0. The molecule has 9 heteroatoms. The number of amides is 1. The van der Waals surface area contributed by atoms with Crippen LogP contribution in [0.25, 0.3) is 0 Å². The predicted octanol–water partition coefficient (Wildman–Crippen LogP) is 2.62. The van der Waals surface area contributed by atoms with Crippen LogP contribution in [-0.2, 0) is 13.0 Å². The SMILES string of the molecule is COc1ccc([C@@H]2[C@@H]3CN(C(=O)c4n[nH]c5c4CN(C)CC5)C[C@@H]3CN2C)cc1.Cl.Cl. The number of carbonyl (C=O) groups is 1. The maximum Gasteiger partial charge on any atom is 0.274 e. The van der Waals surface area contributed by atoms with Crippen LogP contribution in [0.15, 0.2) is 24.3 Å². The van der Waals surface area contributed by atoms with Crippen molar-refractivity contribution in [3.63, 3.8) is 0 Å². The summed E-state index contributed by atoms with van der Waals surface area (Å²) in [6.45, 7) is 4.43. The second kappa shape index (κ2) is 9.36. The molecule has 2 saturated heterocycles. The van der Waals surface area contributed by atoms with Crippen LogP contribution >= 0.6 is 24.8 Å². The molecule has 5 rings (SSSR count). The van der Waals surface area contributed by atoms with Crippen LogP contribution in [0.2, 0.25) is 0 Å². The zero-order valence-electron chi connectivity index (χ0n) is 18.2. The molecule has 0 spiro atoms. The Hall–Kier alpha value is -1.80. The van der Waals surface area contributed by atoms with E-state index in [0.29, 0.717) is 23.6 Å². The molecule has 3 atom stereocenters. The first kappa shape index (κ1) is 23.9. The Morgan fingerprint density at radius 3 is 2.58 bits per heavy atom. The summed E-state index contributed by atoms with van der Waals surface area (Å²) >= 11 is 0. The van der Waals surface area contributed by atoms with Crippen molar-refractivity contribution < 1.29 is 9.53 Å². The first-order valence-electron chi connectivity index (χ1n) is 10.4. The van der Waals surface area contributed by atoms with Gasteiger partial charge in [-0.15, -0.1) is 24.8 Å². The van der Waals surface area contributed by atoms with Crippen molar-refractivity contribution in [2.45, 2.75) is 19.0 Å². The lowest BCUT2D eigenvalue weighted by atomic mass is 9.89. The highest BCUT2D eigenvalue weighted by Gasteiger charge is 2.47. The molecule has 2 fully saturated rings. The molecule has 1 N–H and O–H groups in total. The van der Waals surface area contributed by atoms with E-state index >= 15 is 0 Å². The van der Waals surface area contributed by atoms with E-state index in [1.165, 1.54) is 5.56 Å². The van der Waals surface area contributed by atoms with Gasteiger partial charge in [0.25, 0.3) is 5.91 Å². The van der Waals surface area contributed by atoms with Gasteiger partial charge in [-0.05, 0) is 37.7 Å². The van der Waals surface area contributed by atoms with Gasteiger partial charge < -0.3 is 14.5 Å². The average Bonchev–Trinajstić information content (AvgIpc) is 3.39. The first-order chi connectivity index (χ1) is 14.0. The third-order valence-corrected chi connectivity index (χ3v) is 6.97. The Bertz CT molecular complexity index is 919. The van der Waals surface area contributed by atoms with E-state index in [4.69, 9.17) is 4.74 Å². The number of ether oxygens (including phenoxy) is 1. The van der Waals surface area contributed by atoms with Crippen LogP contribution in [0.3, 0.4) is 0 Å². The zero-order valence-corrected chi connectivity index (χ0v) is 19.8. The van der Waals surface area contributed by atoms with Gasteiger partial charge in [-0.2, -0.15) is 5.10 Å². The number of nitrogens with one attached hydrogen (secondary N) is 1. The molecule has 31 heavy (non-hydrogen) atoms. The number of hydrogen-bond acceptors (Lipinski definition) is 5. The van der Waals surface area contributed by atoms with Gasteiger partial charge in [0.15, 0.2) is 5.69 Å². The molecule has 170 valence electrons. The Morgan fingerprint density at radius 1 is 1.13 bits per heavy atom. The molecule has 7 nitrogen and oxygen atoms in total. The van der Waals surface area contributed by atoms with Gasteiger partial charge in [0, 0.05) is 62.4 Å². The fraction of sp³-hybridized carbons (Fsp3) is 0.545. The summed E-state index contributed by atoms with van der Waals surface area (Å²) in [7, 11) is 5.98. The predicted molar refractivity (Wildman–Crippen MR) is 124 cm³/mol. The normalized spacial score (nSPS) is 25.4. The summed E-state index contributed by atoms with van der Waals surface area (Å²) in [5.41, 5.74) is 4.14. The second-order valence-corrected chi connectivity index (χ2v) is 8.81. The monoisotopic (exact) mass is 467 g/mol. The molecular formula is C22H31Cl2N5O2. The van der Waals surface area contributed by atoms with E-state index in [9.17, 15) is 4.79 Å². The lowest BCUT2D eigenvalue weighted by Crippen LogP contribution is -2.35. The molecular weight excluding hydrogens is 437 g/mol. The Kier molecular flexibility index (Phi) is 7.21. The summed E-state index contributed by atoms with van der Waals surface area (Å²) < 4.78 is 5.31. The largest absolute Gasteiger partial charge is 0.497 e. The Labute approximate surface area is 195 Å². The summed E-state index contributed by atoms with van der Waals surface area (Å²) in [5.74, 6) is 1.93. The third kappa shape index (κ3) is 4.16. The maximum atomic E-state index is 13.3. The molecule has 2 aromatic rings. The molecule has 0 bridgehead atoms. The summed E-state index contributed by atoms with van der Waals surface area (Å²) in [6, 6.07) is 8.71. The Morgan fingerprint density at radius 2 is 1.87 bits per heavy atom. The van der Waals surface area contributed by atoms with Crippen LogP contribution in [0.4, 0.5) is 0 Å². The first-order valence-corrected chi connectivity index (χ1v) is 10.4. The molecule has 1 amide bonds. The number of H-pyrrole nitrogens is 1. The number of rotatable bonds is 3. The van der Waals surface area contributed by atoms with E-state index < -0.39 is 0 Å². The quantitative estimate of drug-likeness (QED) is 0.751. The van der Waals surface area contributed by atoms with Crippen molar-refractivity contribution in [1.82, 2.24) is 24.9 Å². The summed E-state index contributed by atoms with van der Waals surface area (Å²) in [5, 5.41) is 7.52. The van der Waals surface area contributed by atoms with Gasteiger partial charge in [-0.25, -0.2) is 0 Å². The molecule has 0 saturated carbocycles. The number of methoxy groups -OCH3 is 1. The number of likely N-dealkylation sites (tertiary alicyclic amines) is 2. The number of halogens is 2. The highest BCUT2D eigenvalue weighted by atomic mass is 35.5. The average molecular weight is 468 g/mol. The van der Waals surface area contributed by atoms with E-state index in [1.54, 1.807) is 7.11 Å². The molecule has 3 aliphatic rings. The lowest BCUT2D eigenvalue weighted by Gasteiger charge is -2.27. The third-order valence-electron chi connectivity index (χ3n) is 6.97. The van der Waals surface area contributed by atoms with Gasteiger partial charge in [-0.1, -0.05) is 12.1 Å². The second-order valence-electron chi connectivity index (χ2n) is 8.81. The molecule has 0 radical (unpaired) electrons. The fourth-order valence-corrected chi connectivity index (χ4v) is 5.48. The number of fused-ring (bicyclic) bond motifs is 2. The molecule has 3 aliphatic heterocycles. The van der Waals surface area contributed by atoms with Crippen LogP contribution in [0, 0.1) is 11.8 Å². The fourth-order valence-electron chi connectivity index (χ4n) is 5.48. The van der Waals surface area contributed by atoms with Crippen molar-refractivity contribution in [1.29, 1.82) is 0 Å². The molecule has 4 heterocycles. The number of likely N-dealkylation sites (N-methyl/N-ethyl adjacent to an activating group) is 1.